The van der Waals surface area contributed by atoms with Crippen LogP contribution in [-0.4, -0.2) is 53.1 Å². The highest BCUT2D eigenvalue weighted by Gasteiger charge is 2.41. The average Bonchev–Trinajstić information content (AvgIpc) is 2.14. The third-order valence-corrected chi connectivity index (χ3v) is 3.01. The van der Waals surface area contributed by atoms with Gasteiger partial charge in [-0.2, -0.15) is 0 Å². The Hall–Kier alpha value is -1.26. The maximum atomic E-state index is 12.1. The Morgan fingerprint density at radius 1 is 1.28 bits per heavy atom. The van der Waals surface area contributed by atoms with Crippen LogP contribution >= 0.6 is 0 Å². The summed E-state index contributed by atoms with van der Waals surface area (Å²) in [6.45, 7) is 11.3. The molecule has 5 nitrogen and oxygen atoms in total. The van der Waals surface area contributed by atoms with Crippen molar-refractivity contribution >= 4 is 12.0 Å². The number of nitrogens with zero attached hydrogens (tertiary/aromatic N) is 2. The van der Waals surface area contributed by atoms with E-state index in [-0.39, 0.29) is 18.0 Å². The van der Waals surface area contributed by atoms with Crippen molar-refractivity contribution in [2.24, 2.45) is 0 Å². The van der Waals surface area contributed by atoms with Gasteiger partial charge in [-0.3, -0.25) is 9.69 Å². The lowest BCUT2D eigenvalue weighted by Crippen LogP contribution is -2.59. The summed E-state index contributed by atoms with van der Waals surface area (Å²) in [5.41, 5.74) is -0.518. The molecule has 0 aromatic heterocycles. The molecule has 0 aromatic rings. The molecule has 0 aliphatic carbocycles. The predicted octanol–water partition coefficient (Wildman–Crippen LogP) is 1.86. The zero-order valence-electron chi connectivity index (χ0n) is 12.0. The molecule has 0 N–H and O–H groups in total. The van der Waals surface area contributed by atoms with Crippen LogP contribution in [0.15, 0.2) is 0 Å². The lowest BCUT2D eigenvalue weighted by atomic mass is 10.0. The van der Waals surface area contributed by atoms with E-state index in [1.54, 1.807) is 4.90 Å². The molecule has 0 saturated carbocycles. The van der Waals surface area contributed by atoms with E-state index in [9.17, 15) is 9.59 Å². The van der Waals surface area contributed by atoms with E-state index in [0.717, 1.165) is 6.42 Å². The van der Waals surface area contributed by atoms with Crippen LogP contribution in [0.5, 0.6) is 0 Å². The van der Waals surface area contributed by atoms with Gasteiger partial charge in [0.25, 0.3) is 0 Å². The molecule has 1 aliphatic heterocycles. The van der Waals surface area contributed by atoms with Gasteiger partial charge in [-0.25, -0.2) is 4.79 Å². The van der Waals surface area contributed by atoms with Gasteiger partial charge in [-0.1, -0.05) is 0 Å². The second kappa shape index (κ2) is 5.59. The summed E-state index contributed by atoms with van der Waals surface area (Å²) in [6, 6.07) is -0.334. The van der Waals surface area contributed by atoms with E-state index in [1.807, 2.05) is 34.6 Å². The second-order valence-corrected chi connectivity index (χ2v) is 5.49. The summed E-state index contributed by atoms with van der Waals surface area (Å²) in [4.78, 5) is 27.3. The van der Waals surface area contributed by atoms with Crippen molar-refractivity contribution in [3.05, 3.63) is 0 Å². The van der Waals surface area contributed by atoms with E-state index < -0.39 is 5.60 Å². The molecular weight excluding hydrogens is 232 g/mol. The third kappa shape index (κ3) is 3.37. The molecule has 1 fully saturated rings. The van der Waals surface area contributed by atoms with Gasteiger partial charge in [0, 0.05) is 19.6 Å². The van der Waals surface area contributed by atoms with Gasteiger partial charge in [0.15, 0.2) is 0 Å². The Balaban J connectivity index is 2.60. The highest BCUT2D eigenvalue weighted by Crippen LogP contribution is 2.22. The van der Waals surface area contributed by atoms with Crippen LogP contribution in [0.4, 0.5) is 4.79 Å². The van der Waals surface area contributed by atoms with Gasteiger partial charge >= 0.3 is 6.09 Å². The largest absolute Gasteiger partial charge is 0.444 e. The number of hydrogen-bond acceptors (Lipinski definition) is 3. The van der Waals surface area contributed by atoms with Gasteiger partial charge in [-0.05, 0) is 41.0 Å². The Bertz CT molecular complexity index is 319. The quantitative estimate of drug-likeness (QED) is 0.774. The molecule has 1 heterocycles. The first kappa shape index (κ1) is 14.8. The Morgan fingerprint density at radius 3 is 2.17 bits per heavy atom. The monoisotopic (exact) mass is 256 g/mol. The maximum Gasteiger partial charge on any atom is 0.410 e. The predicted molar refractivity (Wildman–Crippen MR) is 69.3 cm³/mol. The molecule has 18 heavy (non-hydrogen) atoms. The molecule has 1 rings (SSSR count). The fourth-order valence-electron chi connectivity index (χ4n) is 1.93. The zero-order chi connectivity index (χ0) is 13.9. The number of carbonyl (C=O) groups is 2. The summed E-state index contributed by atoms with van der Waals surface area (Å²) < 4.78 is 5.29. The molecule has 0 bridgehead atoms. The Morgan fingerprint density at radius 2 is 1.83 bits per heavy atom. The highest BCUT2D eigenvalue weighted by molar-refractivity contribution is 5.87. The molecule has 1 unspecified atom stereocenters. The van der Waals surface area contributed by atoms with Crippen LogP contribution in [0.2, 0.25) is 0 Å². The smallest absolute Gasteiger partial charge is 0.410 e. The average molecular weight is 256 g/mol. The van der Waals surface area contributed by atoms with Crippen molar-refractivity contribution in [3.8, 4) is 0 Å². The van der Waals surface area contributed by atoms with Crippen molar-refractivity contribution in [3.63, 3.8) is 0 Å². The third-order valence-electron chi connectivity index (χ3n) is 3.01. The summed E-state index contributed by atoms with van der Waals surface area (Å²) in [5.74, 6) is 0.0251. The molecule has 0 aromatic carbocycles. The summed E-state index contributed by atoms with van der Waals surface area (Å²) in [5, 5.41) is 0. The van der Waals surface area contributed by atoms with E-state index in [2.05, 4.69) is 0 Å². The topological polar surface area (TPSA) is 49.9 Å². The Labute approximate surface area is 109 Å². The molecule has 1 aliphatic rings. The van der Waals surface area contributed by atoms with Gasteiger partial charge in [-0.15, -0.1) is 0 Å². The molecule has 5 heteroatoms. The van der Waals surface area contributed by atoms with Crippen molar-refractivity contribution in [2.45, 2.75) is 52.7 Å². The molecule has 104 valence electrons. The van der Waals surface area contributed by atoms with Crippen LogP contribution in [0.3, 0.4) is 0 Å². The second-order valence-electron chi connectivity index (χ2n) is 5.49. The fourth-order valence-corrected chi connectivity index (χ4v) is 1.93. The van der Waals surface area contributed by atoms with Crippen molar-refractivity contribution < 1.29 is 14.3 Å². The van der Waals surface area contributed by atoms with E-state index in [1.165, 1.54) is 4.90 Å². The van der Waals surface area contributed by atoms with Gasteiger partial charge in [0.2, 0.25) is 5.91 Å². The minimum Gasteiger partial charge on any atom is -0.444 e. The number of likely N-dealkylation sites (tertiary alicyclic amines) is 1. The first-order chi connectivity index (χ1) is 8.30. The zero-order valence-corrected chi connectivity index (χ0v) is 12.0. The van der Waals surface area contributed by atoms with Crippen molar-refractivity contribution in [1.82, 2.24) is 9.80 Å². The number of likely N-dealkylation sites (N-methyl/N-ethyl adjacent to an activating group) is 1. The number of carbonyl (C=O) groups excluding carboxylic acids is 2. The first-order valence-electron chi connectivity index (χ1n) is 6.58. The van der Waals surface area contributed by atoms with Gasteiger partial charge in [0.05, 0.1) is 0 Å². The summed E-state index contributed by atoms with van der Waals surface area (Å²) >= 11 is 0. The SMILES string of the molecule is CCN(CC)C(=O)C1CCN1C(=O)OC(C)(C)C. The van der Waals surface area contributed by atoms with Gasteiger partial charge in [0.1, 0.15) is 11.6 Å². The van der Waals surface area contributed by atoms with E-state index >= 15 is 0 Å². The number of amides is 2. The van der Waals surface area contributed by atoms with E-state index in [4.69, 9.17) is 4.74 Å². The lowest BCUT2D eigenvalue weighted by Gasteiger charge is -2.42. The molecule has 0 radical (unpaired) electrons. The lowest BCUT2D eigenvalue weighted by molar-refractivity contribution is -0.140. The van der Waals surface area contributed by atoms with Crippen molar-refractivity contribution in [1.29, 1.82) is 0 Å². The summed E-state index contributed by atoms with van der Waals surface area (Å²) in [6.07, 6.45) is 0.341. The standard InChI is InChI=1S/C13H24N2O3/c1-6-14(7-2)11(16)10-8-9-15(10)12(17)18-13(3,4)5/h10H,6-9H2,1-5H3. The molecule has 0 spiro atoms. The Kier molecular flexibility index (Phi) is 4.59. The fraction of sp³-hybridized carbons (Fsp3) is 0.846. The van der Waals surface area contributed by atoms with Crippen LogP contribution in [0.1, 0.15) is 41.0 Å². The van der Waals surface area contributed by atoms with E-state index in [0.29, 0.717) is 19.6 Å². The minimum atomic E-state index is -0.518. The van der Waals surface area contributed by atoms with Crippen LogP contribution in [0, 0.1) is 0 Å². The number of rotatable bonds is 3. The van der Waals surface area contributed by atoms with Gasteiger partial charge < -0.3 is 9.64 Å². The molecule has 2 amide bonds. The highest BCUT2D eigenvalue weighted by atomic mass is 16.6. The minimum absolute atomic E-state index is 0.0251. The van der Waals surface area contributed by atoms with Crippen LogP contribution in [-0.2, 0) is 9.53 Å². The molecule has 1 saturated heterocycles. The molecule has 1 atom stereocenters. The number of ether oxygens (including phenoxy) is 1. The van der Waals surface area contributed by atoms with Crippen molar-refractivity contribution in [2.75, 3.05) is 19.6 Å². The van der Waals surface area contributed by atoms with Crippen LogP contribution < -0.4 is 0 Å². The first-order valence-corrected chi connectivity index (χ1v) is 6.58. The van der Waals surface area contributed by atoms with Crippen LogP contribution in [0.25, 0.3) is 0 Å². The molecular formula is C13H24N2O3. The maximum absolute atomic E-state index is 12.1. The normalized spacial score (nSPS) is 19.2. The summed E-state index contributed by atoms with van der Waals surface area (Å²) in [7, 11) is 0. The number of hydrogen-bond donors (Lipinski definition) is 0.